The minimum Gasteiger partial charge on any atom is -0.506 e. The molecule has 10 N–H and O–H groups in total. The van der Waals surface area contributed by atoms with Crippen LogP contribution in [0, 0.1) is 11.8 Å². The molecule has 0 unspecified atom stereocenters. The highest BCUT2D eigenvalue weighted by Gasteiger charge is 2.64. The molecule has 0 aliphatic carbocycles. The van der Waals surface area contributed by atoms with Crippen LogP contribution in [0.4, 0.5) is 21.0 Å². The van der Waals surface area contributed by atoms with E-state index in [0.717, 1.165) is 22.1 Å². The lowest BCUT2D eigenvalue weighted by Crippen LogP contribution is -2.63. The standard InChI is InChI=1S/C62H85ClN10O20S/c1-33(2)52(69-59(94)66-22-24-89-26-25-88-23-20-50(78)93-73-47(75)18-19-48(73)76)55(80)68-40(14-12-21-65-58(64)83)54(79)67-39-17-16-38(30-42(39)74)56(81)71(7)36(5)57(82)91-46-31-49(77)72(8)41-28-37(29-43(86-9)51(41)63)27-34(3)13-11-15-45(87-10)62(85)32-44(90-60(84)70-62)35(4)53-61(46,6)92-53/h11,13,15-17,28-30,33,35-36,40,44-46,52-53,74,85H,12,14,18-27,31-32H2,1-10H3,(H,67,79)(H,68,80)(H,70,84)(H3,64,65,83)(H2,66,69,94)/b15-11+,34-13+/t35-,36+,40+,44+,45-,46+,52+,53+,61+,62+/m1/s1. The summed E-state index contributed by atoms with van der Waals surface area (Å²) in [6.45, 7) is 10.8. The Labute approximate surface area is 554 Å². The first kappa shape index (κ1) is 74.8. The highest BCUT2D eigenvalue weighted by Crippen LogP contribution is 2.49. The van der Waals surface area contributed by atoms with E-state index in [0.29, 0.717) is 17.2 Å². The normalized spacial score (nSPS) is 24.0. The van der Waals surface area contributed by atoms with Gasteiger partial charge in [-0.3, -0.25) is 34.1 Å². The fourth-order valence-electron chi connectivity index (χ4n) is 10.7. The van der Waals surface area contributed by atoms with E-state index in [1.165, 1.54) is 52.3 Å². The van der Waals surface area contributed by atoms with Crippen LogP contribution in [0.25, 0.3) is 0 Å². The minimum atomic E-state index is -1.94. The van der Waals surface area contributed by atoms with E-state index >= 15 is 0 Å². The third-order valence-electron chi connectivity index (χ3n) is 16.3. The summed E-state index contributed by atoms with van der Waals surface area (Å²) in [5.41, 5.74) is 3.50. The van der Waals surface area contributed by atoms with Crippen LogP contribution in [0.1, 0.15) is 102 Å². The molecule has 2 aromatic carbocycles. The molecule has 0 aromatic heterocycles. The summed E-state index contributed by atoms with van der Waals surface area (Å²) >= 11 is 12.3. The van der Waals surface area contributed by atoms with Gasteiger partial charge in [0.25, 0.3) is 17.7 Å². The number of hydroxylamine groups is 2. The molecule has 2 aromatic rings. The van der Waals surface area contributed by atoms with Crippen molar-refractivity contribution in [1.82, 2.24) is 36.5 Å². The van der Waals surface area contributed by atoms with Crippen LogP contribution in [-0.2, 0) is 73.2 Å². The fraction of sp³-hybridized carbons (Fsp3) is 0.565. The van der Waals surface area contributed by atoms with Gasteiger partial charge in [-0.05, 0) is 94.1 Å². The zero-order valence-corrected chi connectivity index (χ0v) is 55.7. The second kappa shape index (κ2) is 33.8. The lowest BCUT2D eigenvalue weighted by atomic mass is 9.83. The average molecular weight is 1360 g/mol. The number of esters is 1. The number of carbonyl (C=O) groups excluding carboxylic acids is 10. The van der Waals surface area contributed by atoms with Crippen molar-refractivity contribution in [3.63, 3.8) is 0 Å². The van der Waals surface area contributed by atoms with Gasteiger partial charge in [0.05, 0.1) is 63.9 Å². The number of amides is 9. The molecular formula is C62H85ClN10O20S. The summed E-state index contributed by atoms with van der Waals surface area (Å²) in [5.74, 6) is -6.99. The highest BCUT2D eigenvalue weighted by atomic mass is 35.5. The number of phenols is 1. The molecule has 0 spiro atoms. The Balaban J connectivity index is 1.09. The number of urea groups is 1. The molecule has 0 saturated carbocycles. The van der Waals surface area contributed by atoms with Gasteiger partial charge in [0.2, 0.25) is 17.7 Å². The number of thiocarbonyl (C=S) groups is 1. The van der Waals surface area contributed by atoms with Crippen molar-refractivity contribution < 1.29 is 96.2 Å². The molecule has 94 heavy (non-hydrogen) atoms. The lowest BCUT2D eigenvalue weighted by Gasteiger charge is -2.42. The number of alkyl carbamates (subject to hydrolysis) is 1. The highest BCUT2D eigenvalue weighted by molar-refractivity contribution is 7.80. The molecule has 516 valence electrons. The quantitative estimate of drug-likeness (QED) is 0.0163. The van der Waals surface area contributed by atoms with Crippen molar-refractivity contribution in [1.29, 1.82) is 0 Å². The molecule has 6 rings (SSSR count). The molecule has 4 aliphatic rings. The number of methoxy groups -OCH3 is 2. The maximum atomic E-state index is 14.5. The van der Waals surface area contributed by atoms with Gasteiger partial charge in [0.1, 0.15) is 58.6 Å². The SMILES string of the molecule is COc1cc2cc(c1Cl)N(C)C(=O)C[C@H](OC(=O)[C@H](C)N(C)C(=O)c1ccc(NC(=O)[C@H](CCCNC(N)=O)NC(=O)[C@@H](NC(=S)NCCOCCOCCC(=O)ON3C(=O)CCC3=O)C(C)C)c(O)c1)[C@]1(C)O[C@H]1[C@H](C)[C@@H]1C[C@@](O)(NC(=O)O1)[C@H](OC)/C=C/C=C(\C)C2. The zero-order valence-electron chi connectivity index (χ0n) is 54.2. The number of allylic oxidation sites excluding steroid dienone is 3. The Hall–Kier alpha value is -8.20. The number of likely N-dealkylation sites (N-methyl/N-ethyl adjacent to an activating group) is 1. The van der Waals surface area contributed by atoms with Gasteiger partial charge in [-0.2, -0.15) is 0 Å². The monoisotopic (exact) mass is 1360 g/mol. The number of hydrogen-bond acceptors (Lipinski definition) is 21. The van der Waals surface area contributed by atoms with Crippen molar-refractivity contribution in [3.8, 4) is 11.5 Å². The second-order valence-electron chi connectivity index (χ2n) is 23.7. The van der Waals surface area contributed by atoms with E-state index in [9.17, 15) is 58.2 Å². The van der Waals surface area contributed by atoms with Crippen LogP contribution in [0.3, 0.4) is 0 Å². The van der Waals surface area contributed by atoms with E-state index < -0.39 is 131 Å². The number of hydrogen-bond donors (Lipinski definition) is 9. The number of ether oxygens (including phenoxy) is 7. The summed E-state index contributed by atoms with van der Waals surface area (Å²) in [5, 5.41) is 40.0. The first-order chi connectivity index (χ1) is 44.4. The van der Waals surface area contributed by atoms with E-state index in [-0.39, 0.29) is 111 Å². The number of aromatic hydroxyl groups is 1. The third-order valence-corrected chi connectivity index (χ3v) is 17.0. The lowest BCUT2D eigenvalue weighted by molar-refractivity contribution is -0.198. The fourth-order valence-corrected chi connectivity index (χ4v) is 11.2. The maximum Gasteiger partial charge on any atom is 0.409 e. The Kier molecular flexibility index (Phi) is 26.9. The largest absolute Gasteiger partial charge is 0.506 e. The molecule has 4 aliphatic heterocycles. The van der Waals surface area contributed by atoms with Gasteiger partial charge in [-0.1, -0.05) is 56.2 Å². The molecule has 4 bridgehead atoms. The van der Waals surface area contributed by atoms with Crippen molar-refractivity contribution in [2.45, 2.75) is 147 Å². The number of nitrogens with two attached hydrogens (primary N) is 1. The number of anilines is 2. The zero-order chi connectivity index (χ0) is 69.4. The molecule has 4 heterocycles. The van der Waals surface area contributed by atoms with E-state index in [2.05, 4.69) is 31.9 Å². The summed E-state index contributed by atoms with van der Waals surface area (Å²) in [6.07, 6.45) is -0.320. The van der Waals surface area contributed by atoms with Gasteiger partial charge >= 0.3 is 24.1 Å². The van der Waals surface area contributed by atoms with Crippen molar-refractivity contribution >= 4 is 99.8 Å². The van der Waals surface area contributed by atoms with Crippen LogP contribution >= 0.6 is 23.8 Å². The predicted octanol–water partition coefficient (Wildman–Crippen LogP) is 2.92. The topological polar surface area (TPSA) is 396 Å². The van der Waals surface area contributed by atoms with Gasteiger partial charge in [0.15, 0.2) is 10.8 Å². The maximum absolute atomic E-state index is 14.5. The molecule has 3 fully saturated rings. The number of halogens is 1. The van der Waals surface area contributed by atoms with Gasteiger partial charge in [-0.15, -0.1) is 5.06 Å². The van der Waals surface area contributed by atoms with Crippen LogP contribution in [0.15, 0.2) is 54.1 Å². The first-order valence-electron chi connectivity index (χ1n) is 30.5. The van der Waals surface area contributed by atoms with Crippen LogP contribution in [0.2, 0.25) is 5.02 Å². The molecule has 3 saturated heterocycles. The second-order valence-corrected chi connectivity index (χ2v) is 24.5. The Bertz CT molecular complexity index is 3210. The first-order valence-corrected chi connectivity index (χ1v) is 31.3. The number of rotatable bonds is 26. The number of imide groups is 1. The number of nitrogens with zero attached hydrogens (tertiary/aromatic N) is 3. The molecule has 10 atom stereocenters. The number of phenolic OH excluding ortho intramolecular Hbond substituents is 1. The van der Waals surface area contributed by atoms with E-state index in [4.69, 9.17) is 67.5 Å². The average Bonchev–Trinajstić information content (AvgIpc) is 1.56. The number of benzene rings is 2. The van der Waals surface area contributed by atoms with Crippen molar-refractivity contribution in [2.24, 2.45) is 17.6 Å². The van der Waals surface area contributed by atoms with E-state index in [1.54, 1.807) is 52.0 Å². The summed E-state index contributed by atoms with van der Waals surface area (Å²) in [6, 6.07) is 2.68. The van der Waals surface area contributed by atoms with E-state index in [1.807, 2.05) is 13.0 Å². The Morgan fingerprint density at radius 3 is 2.29 bits per heavy atom. The summed E-state index contributed by atoms with van der Waals surface area (Å²) < 4.78 is 40.4. The predicted molar refractivity (Wildman–Crippen MR) is 342 cm³/mol. The summed E-state index contributed by atoms with van der Waals surface area (Å²) in [7, 11) is 5.65. The molecule has 30 nitrogen and oxygen atoms in total. The smallest absolute Gasteiger partial charge is 0.409 e. The third kappa shape index (κ3) is 19.9. The molecule has 32 heteroatoms. The van der Waals surface area contributed by atoms with Gasteiger partial charge < -0.3 is 90.3 Å². The van der Waals surface area contributed by atoms with Crippen molar-refractivity contribution in [2.75, 3.05) is 78.0 Å². The van der Waals surface area contributed by atoms with Crippen LogP contribution in [0.5, 0.6) is 11.5 Å². The Morgan fingerprint density at radius 2 is 1.64 bits per heavy atom. The summed E-state index contributed by atoms with van der Waals surface area (Å²) in [4.78, 5) is 138. The molecule has 0 radical (unpaired) electrons. The Morgan fingerprint density at radius 1 is 0.947 bits per heavy atom. The van der Waals surface area contributed by atoms with Gasteiger partial charge in [-0.25, -0.2) is 19.2 Å². The molecular weight excluding hydrogens is 1270 g/mol. The van der Waals surface area contributed by atoms with Gasteiger partial charge in [0, 0.05) is 65.0 Å². The minimum absolute atomic E-state index is 0.0190. The number of carbonyl (C=O) groups is 10. The van der Waals surface area contributed by atoms with Crippen LogP contribution < -0.4 is 47.3 Å². The number of fused-ring (bicyclic) bond motifs is 5. The molecule has 9 amide bonds. The van der Waals surface area contributed by atoms with Crippen LogP contribution in [-0.4, -0.2) is 206 Å². The number of epoxide rings is 1. The number of primary amides is 1. The number of aliphatic hydroxyl groups is 1. The van der Waals surface area contributed by atoms with Crippen molar-refractivity contribution in [3.05, 3.63) is 70.3 Å². The number of nitrogens with one attached hydrogen (secondary N) is 6.